The maximum atomic E-state index is 12.5. The van der Waals surface area contributed by atoms with Gasteiger partial charge in [0.2, 0.25) is 0 Å². The quantitative estimate of drug-likeness (QED) is 0.684. The third-order valence-corrected chi connectivity index (χ3v) is 2.89. The van der Waals surface area contributed by atoms with Crippen LogP contribution in [0.3, 0.4) is 0 Å². The van der Waals surface area contributed by atoms with Gasteiger partial charge in [-0.15, -0.1) is 0 Å². The van der Waals surface area contributed by atoms with E-state index in [4.69, 9.17) is 5.73 Å². The van der Waals surface area contributed by atoms with Crippen molar-refractivity contribution >= 4 is 17.3 Å². The van der Waals surface area contributed by atoms with E-state index in [1.54, 1.807) is 13.8 Å². The molecule has 0 aliphatic heterocycles. The fourth-order valence-corrected chi connectivity index (χ4v) is 1.84. The highest BCUT2D eigenvalue weighted by Gasteiger charge is 2.31. The number of hydrogen-bond acceptors (Lipinski definition) is 4. The number of nitrogens with zero attached hydrogens (tertiary/aromatic N) is 1. The van der Waals surface area contributed by atoms with Gasteiger partial charge in [-0.1, -0.05) is 0 Å². The summed E-state index contributed by atoms with van der Waals surface area (Å²) in [5.41, 5.74) is 6.86. The molecule has 1 rings (SSSR count). The Morgan fingerprint density at radius 2 is 2.00 bits per heavy atom. The van der Waals surface area contributed by atoms with Gasteiger partial charge in [-0.2, -0.15) is 13.2 Å². The zero-order chi connectivity index (χ0) is 15.5. The minimum Gasteiger partial charge on any atom is -0.465 e. The van der Waals surface area contributed by atoms with Crippen LogP contribution in [0.5, 0.6) is 0 Å². The van der Waals surface area contributed by atoms with Crippen LogP contribution in [0.15, 0.2) is 12.1 Å². The highest BCUT2D eigenvalue weighted by molar-refractivity contribution is 5.97. The van der Waals surface area contributed by atoms with Gasteiger partial charge in [-0.25, -0.2) is 4.79 Å². The predicted molar refractivity (Wildman–Crippen MR) is 70.9 cm³/mol. The van der Waals surface area contributed by atoms with Gasteiger partial charge in [0.15, 0.2) is 0 Å². The molecule has 1 aromatic rings. The molecule has 0 fully saturated rings. The van der Waals surface area contributed by atoms with E-state index >= 15 is 0 Å². The summed E-state index contributed by atoms with van der Waals surface area (Å²) in [7, 11) is 1.19. The Balaban J connectivity index is 3.24. The van der Waals surface area contributed by atoms with Crippen molar-refractivity contribution in [1.29, 1.82) is 0 Å². The van der Waals surface area contributed by atoms with Gasteiger partial charge >= 0.3 is 12.1 Å². The van der Waals surface area contributed by atoms with Crippen LogP contribution in [0.1, 0.15) is 22.8 Å². The first-order valence-electron chi connectivity index (χ1n) is 5.99. The molecule has 112 valence electrons. The molecule has 2 N–H and O–H groups in total. The third-order valence-electron chi connectivity index (χ3n) is 2.89. The Bertz CT molecular complexity index is 501. The van der Waals surface area contributed by atoms with Gasteiger partial charge in [0.05, 0.1) is 12.7 Å². The summed E-state index contributed by atoms with van der Waals surface area (Å²) in [6, 6.07) is 2.85. The van der Waals surface area contributed by atoms with E-state index in [0.717, 1.165) is 4.90 Å². The molecule has 0 spiro atoms. The molecule has 0 aromatic heterocycles. The molecular weight excluding hydrogens is 273 g/mol. The number of carbonyl (C=O) groups is 1. The zero-order valence-corrected chi connectivity index (χ0v) is 11.5. The van der Waals surface area contributed by atoms with Crippen LogP contribution in [0, 0.1) is 6.92 Å². The molecule has 20 heavy (non-hydrogen) atoms. The topological polar surface area (TPSA) is 55.6 Å². The molecule has 0 heterocycles. The van der Waals surface area contributed by atoms with Gasteiger partial charge in [-0.05, 0) is 31.5 Å². The number of halogens is 3. The number of ether oxygens (including phenoxy) is 1. The number of nitrogen functional groups attached to an aromatic ring is 1. The molecule has 0 aliphatic carbocycles. The third kappa shape index (κ3) is 3.79. The molecule has 0 atom stereocenters. The molecular formula is C13H17F3N2O2. The lowest BCUT2D eigenvalue weighted by Gasteiger charge is -2.25. The lowest BCUT2D eigenvalue weighted by Crippen LogP contribution is -2.34. The fraction of sp³-hybridized carbons (Fsp3) is 0.462. The number of anilines is 2. The maximum Gasteiger partial charge on any atom is 0.405 e. The number of benzene rings is 1. The Labute approximate surface area is 115 Å². The fourth-order valence-electron chi connectivity index (χ4n) is 1.84. The molecule has 0 bridgehead atoms. The minimum atomic E-state index is -4.32. The largest absolute Gasteiger partial charge is 0.465 e. The van der Waals surface area contributed by atoms with Gasteiger partial charge in [0.25, 0.3) is 0 Å². The van der Waals surface area contributed by atoms with Crippen LogP contribution < -0.4 is 10.6 Å². The number of rotatable bonds is 4. The summed E-state index contributed by atoms with van der Waals surface area (Å²) in [6.07, 6.45) is -4.32. The van der Waals surface area contributed by atoms with E-state index in [1.165, 1.54) is 19.2 Å². The van der Waals surface area contributed by atoms with E-state index in [1.807, 2.05) is 0 Å². The van der Waals surface area contributed by atoms with Crippen molar-refractivity contribution < 1.29 is 22.7 Å². The normalized spacial score (nSPS) is 11.3. The van der Waals surface area contributed by atoms with Crippen molar-refractivity contribution in [2.75, 3.05) is 30.8 Å². The second kappa shape index (κ2) is 6.02. The van der Waals surface area contributed by atoms with Crippen molar-refractivity contribution in [2.45, 2.75) is 20.0 Å². The zero-order valence-electron chi connectivity index (χ0n) is 11.5. The summed E-state index contributed by atoms with van der Waals surface area (Å²) >= 11 is 0. The minimum absolute atomic E-state index is 0.0723. The van der Waals surface area contributed by atoms with Gasteiger partial charge < -0.3 is 15.4 Å². The molecule has 0 saturated carbocycles. The van der Waals surface area contributed by atoms with E-state index in [9.17, 15) is 18.0 Å². The summed E-state index contributed by atoms with van der Waals surface area (Å²) in [5, 5.41) is 0. The second-order valence-electron chi connectivity index (χ2n) is 4.34. The van der Waals surface area contributed by atoms with Crippen molar-refractivity contribution in [1.82, 2.24) is 0 Å². The Morgan fingerprint density at radius 3 is 2.45 bits per heavy atom. The van der Waals surface area contributed by atoms with Gasteiger partial charge in [0.1, 0.15) is 6.54 Å². The van der Waals surface area contributed by atoms with Crippen LogP contribution >= 0.6 is 0 Å². The lowest BCUT2D eigenvalue weighted by atomic mass is 10.1. The SMILES string of the molecule is CCN(CC(F)(F)F)c1cc(C)c(N)c(C(=O)OC)c1. The van der Waals surface area contributed by atoms with Crippen LogP contribution in [0.2, 0.25) is 0 Å². The molecule has 0 radical (unpaired) electrons. The highest BCUT2D eigenvalue weighted by Crippen LogP contribution is 2.28. The molecule has 0 unspecified atom stereocenters. The standard InChI is InChI=1S/C13H17F3N2O2/c1-4-18(7-13(14,15)16)9-5-8(2)11(17)10(6-9)12(19)20-3/h5-6H,4,7,17H2,1-3H3. The van der Waals surface area contributed by atoms with Crippen LogP contribution in [0.4, 0.5) is 24.5 Å². The molecule has 4 nitrogen and oxygen atoms in total. The first-order chi connectivity index (χ1) is 9.19. The average molecular weight is 290 g/mol. The lowest BCUT2D eigenvalue weighted by molar-refractivity contribution is -0.119. The van der Waals surface area contributed by atoms with Crippen molar-refractivity contribution in [3.63, 3.8) is 0 Å². The molecule has 0 aliphatic rings. The Hall–Kier alpha value is -1.92. The Kier molecular flexibility index (Phi) is 4.86. The van der Waals surface area contributed by atoms with E-state index < -0.39 is 18.7 Å². The summed E-state index contributed by atoms with van der Waals surface area (Å²) in [6.45, 7) is 2.30. The second-order valence-corrected chi connectivity index (χ2v) is 4.34. The number of esters is 1. The molecule has 0 amide bonds. The average Bonchev–Trinajstić information content (AvgIpc) is 2.37. The predicted octanol–water partition coefficient (Wildman–Crippen LogP) is 2.75. The van der Waals surface area contributed by atoms with Crippen LogP contribution in [-0.4, -0.2) is 32.3 Å². The number of methoxy groups -OCH3 is 1. The Morgan fingerprint density at radius 1 is 1.40 bits per heavy atom. The van der Waals surface area contributed by atoms with E-state index in [-0.39, 0.29) is 23.5 Å². The van der Waals surface area contributed by atoms with Crippen molar-refractivity contribution in [3.8, 4) is 0 Å². The summed E-state index contributed by atoms with van der Waals surface area (Å²) in [5.74, 6) is -0.671. The number of hydrogen-bond donors (Lipinski definition) is 1. The monoisotopic (exact) mass is 290 g/mol. The number of carbonyl (C=O) groups excluding carboxylic acids is 1. The van der Waals surface area contributed by atoms with Crippen molar-refractivity contribution in [3.05, 3.63) is 23.3 Å². The summed E-state index contributed by atoms with van der Waals surface area (Å²) in [4.78, 5) is 12.7. The molecule has 1 aromatic carbocycles. The van der Waals surface area contributed by atoms with Gasteiger partial charge in [0, 0.05) is 17.9 Å². The maximum absolute atomic E-state index is 12.5. The van der Waals surface area contributed by atoms with Crippen molar-refractivity contribution in [2.24, 2.45) is 0 Å². The van der Waals surface area contributed by atoms with Gasteiger partial charge in [-0.3, -0.25) is 0 Å². The first-order valence-corrected chi connectivity index (χ1v) is 5.99. The van der Waals surface area contributed by atoms with E-state index in [2.05, 4.69) is 4.74 Å². The number of aryl methyl sites for hydroxylation is 1. The van der Waals surface area contributed by atoms with Crippen LogP contribution in [0.25, 0.3) is 0 Å². The smallest absolute Gasteiger partial charge is 0.405 e. The number of nitrogens with two attached hydrogens (primary N) is 1. The van der Waals surface area contributed by atoms with E-state index in [0.29, 0.717) is 5.56 Å². The first kappa shape index (κ1) is 16.1. The molecule has 7 heteroatoms. The number of alkyl halides is 3. The highest BCUT2D eigenvalue weighted by atomic mass is 19.4. The van der Waals surface area contributed by atoms with Crippen LogP contribution in [-0.2, 0) is 4.74 Å². The molecule has 0 saturated heterocycles. The summed E-state index contributed by atoms with van der Waals surface area (Å²) < 4.78 is 42.2.